The third kappa shape index (κ3) is 1.99. The van der Waals surface area contributed by atoms with Gasteiger partial charge in [-0.15, -0.1) is 0 Å². The van der Waals surface area contributed by atoms with Crippen LogP contribution in [0.3, 0.4) is 0 Å². The van der Waals surface area contributed by atoms with Crippen molar-refractivity contribution < 1.29 is 0 Å². The Labute approximate surface area is 78.3 Å². The summed E-state index contributed by atoms with van der Waals surface area (Å²) >= 11 is 0. The molecule has 0 unspecified atom stereocenters. The second-order valence-electron chi connectivity index (χ2n) is 3.42. The quantitative estimate of drug-likeness (QED) is 0.476. The molecule has 5 N–H and O–H groups in total. The summed E-state index contributed by atoms with van der Waals surface area (Å²) in [5.41, 5.74) is 13.9. The highest BCUT2D eigenvalue weighted by molar-refractivity contribution is 6.04. The fraction of sp³-hybridized carbons (Fsp3) is 0.300. The molecule has 0 saturated heterocycles. The molecule has 0 bridgehead atoms. The van der Waals surface area contributed by atoms with Crippen molar-refractivity contribution >= 4 is 17.1 Å². The van der Waals surface area contributed by atoms with Gasteiger partial charge < -0.3 is 16.9 Å². The Balaban J connectivity index is 3.13. The second-order valence-corrected chi connectivity index (χ2v) is 3.42. The highest BCUT2D eigenvalue weighted by Crippen LogP contribution is 2.18. The van der Waals surface area contributed by atoms with E-state index in [-0.39, 0.29) is 5.92 Å². The number of nitrogen functional groups attached to an aromatic ring is 2. The molecule has 0 atom stereocenters. The standard InChI is InChI=1S/C10H15N3/c1-6(2)10(13)8-5-7(11)3-4-9(8)12/h3-6,13H,11-12H2,1-2H3. The van der Waals surface area contributed by atoms with E-state index in [4.69, 9.17) is 16.9 Å². The van der Waals surface area contributed by atoms with E-state index in [1.165, 1.54) is 0 Å². The zero-order chi connectivity index (χ0) is 10.0. The number of anilines is 2. The molecule has 1 aromatic carbocycles. The Morgan fingerprint density at radius 3 is 2.46 bits per heavy atom. The summed E-state index contributed by atoms with van der Waals surface area (Å²) < 4.78 is 0. The minimum atomic E-state index is 0.170. The van der Waals surface area contributed by atoms with Crippen molar-refractivity contribution in [2.24, 2.45) is 5.92 Å². The summed E-state index contributed by atoms with van der Waals surface area (Å²) in [5.74, 6) is 0.170. The van der Waals surface area contributed by atoms with Gasteiger partial charge >= 0.3 is 0 Å². The lowest BCUT2D eigenvalue weighted by molar-refractivity contribution is 0.878. The van der Waals surface area contributed by atoms with Crippen molar-refractivity contribution in [1.29, 1.82) is 5.41 Å². The monoisotopic (exact) mass is 177 g/mol. The molecule has 0 aliphatic heterocycles. The first-order valence-corrected chi connectivity index (χ1v) is 4.26. The molecule has 3 heteroatoms. The number of hydrogen-bond donors (Lipinski definition) is 3. The van der Waals surface area contributed by atoms with E-state index in [0.717, 1.165) is 5.56 Å². The van der Waals surface area contributed by atoms with Gasteiger partial charge in [-0.1, -0.05) is 13.8 Å². The molecule has 3 nitrogen and oxygen atoms in total. The Hall–Kier alpha value is -1.51. The Morgan fingerprint density at radius 1 is 1.31 bits per heavy atom. The number of hydrogen-bond acceptors (Lipinski definition) is 3. The van der Waals surface area contributed by atoms with Crippen LogP contribution in [0.1, 0.15) is 19.4 Å². The lowest BCUT2D eigenvalue weighted by Gasteiger charge is -2.10. The third-order valence-corrected chi connectivity index (χ3v) is 1.94. The van der Waals surface area contributed by atoms with Gasteiger partial charge in [0.05, 0.1) is 0 Å². The van der Waals surface area contributed by atoms with Crippen LogP contribution < -0.4 is 11.5 Å². The Kier molecular flexibility index (Phi) is 2.56. The summed E-state index contributed by atoms with van der Waals surface area (Å²) in [7, 11) is 0. The van der Waals surface area contributed by atoms with E-state index < -0.39 is 0 Å². The van der Waals surface area contributed by atoms with Crippen LogP contribution in [0.4, 0.5) is 11.4 Å². The molecule has 1 rings (SSSR count). The number of rotatable bonds is 2. The van der Waals surface area contributed by atoms with Gasteiger partial charge in [0.25, 0.3) is 0 Å². The van der Waals surface area contributed by atoms with Gasteiger partial charge in [-0.25, -0.2) is 0 Å². The molecule has 0 radical (unpaired) electrons. The molecule has 0 aliphatic carbocycles. The maximum Gasteiger partial charge on any atom is 0.0433 e. The third-order valence-electron chi connectivity index (χ3n) is 1.94. The lowest BCUT2D eigenvalue weighted by Crippen LogP contribution is -2.10. The molecular formula is C10H15N3. The highest BCUT2D eigenvalue weighted by Gasteiger charge is 2.09. The van der Waals surface area contributed by atoms with Gasteiger partial charge in [0.2, 0.25) is 0 Å². The molecule has 13 heavy (non-hydrogen) atoms. The largest absolute Gasteiger partial charge is 0.399 e. The normalized spacial score (nSPS) is 10.4. The van der Waals surface area contributed by atoms with E-state index in [1.54, 1.807) is 18.2 Å². The summed E-state index contributed by atoms with van der Waals surface area (Å²) in [4.78, 5) is 0. The van der Waals surface area contributed by atoms with Crippen molar-refractivity contribution in [1.82, 2.24) is 0 Å². The molecule has 0 amide bonds. The van der Waals surface area contributed by atoms with Crippen molar-refractivity contribution in [3.05, 3.63) is 23.8 Å². The summed E-state index contributed by atoms with van der Waals surface area (Å²) in [5, 5.41) is 7.79. The molecule has 0 heterocycles. The summed E-state index contributed by atoms with van der Waals surface area (Å²) in [6.07, 6.45) is 0. The first-order chi connectivity index (χ1) is 6.02. The van der Waals surface area contributed by atoms with Crippen molar-refractivity contribution in [3.63, 3.8) is 0 Å². The van der Waals surface area contributed by atoms with Gasteiger partial charge in [0.15, 0.2) is 0 Å². The minimum Gasteiger partial charge on any atom is -0.399 e. The van der Waals surface area contributed by atoms with Crippen LogP contribution in [0.25, 0.3) is 0 Å². The van der Waals surface area contributed by atoms with Crippen LogP contribution in [0.5, 0.6) is 0 Å². The number of benzene rings is 1. The molecule has 70 valence electrons. The fourth-order valence-electron chi connectivity index (χ4n) is 1.12. The van der Waals surface area contributed by atoms with Crippen LogP contribution >= 0.6 is 0 Å². The van der Waals surface area contributed by atoms with Crippen molar-refractivity contribution in [2.45, 2.75) is 13.8 Å². The van der Waals surface area contributed by atoms with Crippen molar-refractivity contribution in [2.75, 3.05) is 11.5 Å². The average Bonchev–Trinajstić information content (AvgIpc) is 2.08. The summed E-state index contributed by atoms with van der Waals surface area (Å²) in [6, 6.07) is 5.23. The number of nitrogens with one attached hydrogen (secondary N) is 1. The van der Waals surface area contributed by atoms with Gasteiger partial charge in [-0.3, -0.25) is 0 Å². The molecular weight excluding hydrogens is 162 g/mol. The zero-order valence-corrected chi connectivity index (χ0v) is 7.96. The topological polar surface area (TPSA) is 75.9 Å². The van der Waals surface area contributed by atoms with Gasteiger partial charge in [-0.2, -0.15) is 0 Å². The van der Waals surface area contributed by atoms with Gasteiger partial charge in [0.1, 0.15) is 0 Å². The molecule has 0 saturated carbocycles. The zero-order valence-electron chi connectivity index (χ0n) is 7.96. The van der Waals surface area contributed by atoms with Crippen LogP contribution in [0, 0.1) is 11.3 Å². The highest BCUT2D eigenvalue weighted by atomic mass is 14.6. The predicted molar refractivity (Wildman–Crippen MR) is 56.9 cm³/mol. The maximum absolute atomic E-state index is 7.79. The lowest BCUT2D eigenvalue weighted by atomic mass is 9.98. The van der Waals surface area contributed by atoms with E-state index in [9.17, 15) is 0 Å². The van der Waals surface area contributed by atoms with Crippen LogP contribution in [0.15, 0.2) is 18.2 Å². The van der Waals surface area contributed by atoms with Gasteiger partial charge in [0, 0.05) is 22.6 Å². The minimum absolute atomic E-state index is 0.170. The first-order valence-electron chi connectivity index (χ1n) is 4.26. The Bertz CT molecular complexity index is 329. The fourth-order valence-corrected chi connectivity index (χ4v) is 1.12. The first kappa shape index (κ1) is 9.58. The molecule has 0 spiro atoms. The molecule has 1 aromatic rings. The van der Waals surface area contributed by atoms with E-state index in [1.807, 2.05) is 13.8 Å². The maximum atomic E-state index is 7.79. The van der Waals surface area contributed by atoms with E-state index in [2.05, 4.69) is 0 Å². The van der Waals surface area contributed by atoms with Crippen LogP contribution in [-0.4, -0.2) is 5.71 Å². The molecule has 0 aliphatic rings. The number of nitrogens with two attached hydrogens (primary N) is 2. The Morgan fingerprint density at radius 2 is 1.92 bits per heavy atom. The average molecular weight is 177 g/mol. The van der Waals surface area contributed by atoms with Crippen LogP contribution in [0.2, 0.25) is 0 Å². The molecule has 0 fully saturated rings. The van der Waals surface area contributed by atoms with Gasteiger partial charge in [-0.05, 0) is 24.1 Å². The van der Waals surface area contributed by atoms with E-state index in [0.29, 0.717) is 17.1 Å². The second kappa shape index (κ2) is 3.47. The van der Waals surface area contributed by atoms with Crippen LogP contribution in [-0.2, 0) is 0 Å². The predicted octanol–water partition coefficient (Wildman–Crippen LogP) is 1.87. The summed E-state index contributed by atoms with van der Waals surface area (Å²) in [6.45, 7) is 3.93. The SMILES string of the molecule is CC(C)C(=N)c1cc(N)ccc1N. The smallest absolute Gasteiger partial charge is 0.0433 e. The molecule has 0 aromatic heterocycles. The van der Waals surface area contributed by atoms with Crippen molar-refractivity contribution in [3.8, 4) is 0 Å². The van der Waals surface area contributed by atoms with E-state index >= 15 is 0 Å².